The highest BCUT2D eigenvalue weighted by atomic mass is 16.5. The smallest absolute Gasteiger partial charge is 0.339 e. The lowest BCUT2D eigenvalue weighted by Gasteiger charge is -2.19. The molecular weight excluding hydrogens is 464 g/mol. The Morgan fingerprint density at radius 1 is 1.11 bits per heavy atom. The number of aryl methyl sites for hydroxylation is 2. The first kappa shape index (κ1) is 25.0. The monoisotopic (exact) mass is 492 g/mol. The summed E-state index contributed by atoms with van der Waals surface area (Å²) in [6.45, 7) is 1.45. The molecule has 0 radical (unpaired) electrons. The number of aliphatic carboxylic acids is 1. The third kappa shape index (κ3) is 5.91. The minimum Gasteiger partial charge on any atom is -0.483 e. The van der Waals surface area contributed by atoms with Crippen molar-refractivity contribution in [3.8, 4) is 5.75 Å². The number of rotatable bonds is 10. The molecule has 2 aromatic carbocycles. The lowest BCUT2D eigenvalue weighted by atomic mass is 10.0. The zero-order valence-electron chi connectivity index (χ0n) is 20.0. The molecule has 0 bridgehead atoms. The van der Waals surface area contributed by atoms with Gasteiger partial charge in [0.05, 0.1) is 11.8 Å². The molecule has 9 nitrogen and oxygen atoms in total. The Morgan fingerprint density at radius 3 is 2.61 bits per heavy atom. The maximum absolute atomic E-state index is 12.8. The average molecular weight is 493 g/mol. The zero-order valence-corrected chi connectivity index (χ0v) is 20.0. The van der Waals surface area contributed by atoms with E-state index in [0.717, 1.165) is 29.5 Å². The normalized spacial score (nSPS) is 13.1. The number of carbonyl (C=O) groups is 3. The standard InChI is InChI=1S/C27H28N2O7/c1-16-12-21(25-18-8-5-9-19(18)27(34)36-22(25)13-16)35-15-23(30)29-20(14-17-6-3-2-4-7-17)26(33)28-11-10-24(31)32/h2-4,6-7,12-13,20H,5,8-11,14-15H2,1H3,(H,28,33)(H,29,30)(H,31,32). The molecular formula is C27H28N2O7. The van der Waals surface area contributed by atoms with Crippen molar-refractivity contribution in [3.63, 3.8) is 0 Å². The number of benzene rings is 2. The highest BCUT2D eigenvalue weighted by Crippen LogP contribution is 2.35. The topological polar surface area (TPSA) is 135 Å². The Kier molecular flexibility index (Phi) is 7.68. The molecule has 1 aliphatic carbocycles. The van der Waals surface area contributed by atoms with Crippen molar-refractivity contribution < 1.29 is 28.6 Å². The van der Waals surface area contributed by atoms with Gasteiger partial charge in [0.1, 0.15) is 17.4 Å². The molecule has 3 aromatic rings. The van der Waals surface area contributed by atoms with E-state index in [2.05, 4.69) is 10.6 Å². The van der Waals surface area contributed by atoms with Gasteiger partial charge in [-0.15, -0.1) is 0 Å². The maximum atomic E-state index is 12.8. The molecule has 36 heavy (non-hydrogen) atoms. The highest BCUT2D eigenvalue weighted by Gasteiger charge is 2.24. The van der Waals surface area contributed by atoms with E-state index in [-0.39, 0.29) is 31.6 Å². The van der Waals surface area contributed by atoms with Crippen LogP contribution in [0.5, 0.6) is 5.75 Å². The van der Waals surface area contributed by atoms with Crippen LogP contribution in [0.2, 0.25) is 0 Å². The van der Waals surface area contributed by atoms with E-state index in [1.54, 1.807) is 12.1 Å². The van der Waals surface area contributed by atoms with Crippen molar-refractivity contribution in [3.05, 3.63) is 75.1 Å². The Balaban J connectivity index is 1.49. The van der Waals surface area contributed by atoms with Crippen LogP contribution in [0.4, 0.5) is 0 Å². The molecule has 1 unspecified atom stereocenters. The first-order valence-corrected chi connectivity index (χ1v) is 11.9. The summed E-state index contributed by atoms with van der Waals surface area (Å²) in [5.41, 5.74) is 3.31. The summed E-state index contributed by atoms with van der Waals surface area (Å²) in [7, 11) is 0. The highest BCUT2D eigenvalue weighted by molar-refractivity contribution is 5.91. The molecule has 1 heterocycles. The van der Waals surface area contributed by atoms with Crippen LogP contribution in [0.1, 0.15) is 35.1 Å². The van der Waals surface area contributed by atoms with E-state index in [4.69, 9.17) is 14.3 Å². The van der Waals surface area contributed by atoms with Crippen LogP contribution in [0.3, 0.4) is 0 Å². The van der Waals surface area contributed by atoms with E-state index in [0.29, 0.717) is 28.7 Å². The number of hydrogen-bond acceptors (Lipinski definition) is 6. The second kappa shape index (κ2) is 11.1. The van der Waals surface area contributed by atoms with Gasteiger partial charge in [0.15, 0.2) is 6.61 Å². The number of carboxylic acid groups (broad SMARTS) is 1. The van der Waals surface area contributed by atoms with Gasteiger partial charge in [0.2, 0.25) is 5.91 Å². The summed E-state index contributed by atoms with van der Waals surface area (Å²) >= 11 is 0. The van der Waals surface area contributed by atoms with E-state index < -0.39 is 23.8 Å². The number of carbonyl (C=O) groups excluding carboxylic acids is 2. The quantitative estimate of drug-likeness (QED) is 0.370. The largest absolute Gasteiger partial charge is 0.483 e. The van der Waals surface area contributed by atoms with Gasteiger partial charge in [-0.1, -0.05) is 30.3 Å². The number of carboxylic acids is 1. The summed E-state index contributed by atoms with van der Waals surface area (Å²) in [5.74, 6) is -1.56. The number of fused-ring (bicyclic) bond motifs is 3. The van der Waals surface area contributed by atoms with E-state index in [1.165, 1.54) is 0 Å². The van der Waals surface area contributed by atoms with Gasteiger partial charge in [-0.2, -0.15) is 0 Å². The molecule has 4 rings (SSSR count). The van der Waals surface area contributed by atoms with E-state index in [1.807, 2.05) is 37.3 Å². The number of hydrogen-bond donors (Lipinski definition) is 3. The van der Waals surface area contributed by atoms with Crippen molar-refractivity contribution in [1.82, 2.24) is 10.6 Å². The summed E-state index contributed by atoms with van der Waals surface area (Å²) in [4.78, 5) is 48.6. The second-order valence-corrected chi connectivity index (χ2v) is 8.87. The van der Waals surface area contributed by atoms with Gasteiger partial charge in [-0.05, 0) is 55.0 Å². The fourth-order valence-electron chi connectivity index (χ4n) is 4.47. The summed E-state index contributed by atoms with van der Waals surface area (Å²) in [5, 5.41) is 14.8. The maximum Gasteiger partial charge on any atom is 0.339 e. The van der Waals surface area contributed by atoms with Crippen molar-refractivity contribution in [2.75, 3.05) is 13.2 Å². The van der Waals surface area contributed by atoms with Crippen LogP contribution in [-0.2, 0) is 33.6 Å². The van der Waals surface area contributed by atoms with Gasteiger partial charge in [0.25, 0.3) is 5.91 Å². The molecule has 1 atom stereocenters. The van der Waals surface area contributed by atoms with Gasteiger partial charge < -0.3 is 24.9 Å². The Morgan fingerprint density at radius 2 is 1.86 bits per heavy atom. The summed E-state index contributed by atoms with van der Waals surface area (Å²) in [6, 6.07) is 11.9. The van der Waals surface area contributed by atoms with E-state index >= 15 is 0 Å². The Labute approximate surface area is 207 Å². The molecule has 9 heteroatoms. The lowest BCUT2D eigenvalue weighted by Crippen LogP contribution is -2.49. The van der Waals surface area contributed by atoms with Crippen molar-refractivity contribution >= 4 is 28.8 Å². The predicted molar refractivity (Wildman–Crippen MR) is 132 cm³/mol. The summed E-state index contributed by atoms with van der Waals surface area (Å²) in [6.07, 6.45) is 2.25. The number of nitrogens with one attached hydrogen (secondary N) is 2. The van der Waals surface area contributed by atoms with Gasteiger partial charge in [-0.3, -0.25) is 14.4 Å². The van der Waals surface area contributed by atoms with Gasteiger partial charge >= 0.3 is 11.6 Å². The molecule has 2 amide bonds. The number of ether oxygens (including phenoxy) is 1. The first-order chi connectivity index (χ1) is 17.3. The van der Waals surface area contributed by atoms with Crippen LogP contribution < -0.4 is 21.0 Å². The number of amides is 2. The van der Waals surface area contributed by atoms with Crippen LogP contribution in [0, 0.1) is 6.92 Å². The van der Waals surface area contributed by atoms with E-state index in [9.17, 15) is 19.2 Å². The lowest BCUT2D eigenvalue weighted by molar-refractivity contribution is -0.137. The fourth-order valence-corrected chi connectivity index (χ4v) is 4.47. The molecule has 0 aliphatic heterocycles. The molecule has 3 N–H and O–H groups in total. The predicted octanol–water partition coefficient (Wildman–Crippen LogP) is 2.29. The third-order valence-electron chi connectivity index (χ3n) is 6.11. The van der Waals surface area contributed by atoms with Crippen LogP contribution in [0.25, 0.3) is 11.0 Å². The first-order valence-electron chi connectivity index (χ1n) is 11.9. The molecule has 1 aliphatic rings. The van der Waals surface area contributed by atoms with Gasteiger partial charge in [-0.25, -0.2) is 4.79 Å². The van der Waals surface area contributed by atoms with Crippen LogP contribution in [-0.4, -0.2) is 42.1 Å². The molecule has 188 valence electrons. The summed E-state index contributed by atoms with van der Waals surface area (Å²) < 4.78 is 11.4. The van der Waals surface area contributed by atoms with Crippen molar-refractivity contribution in [2.24, 2.45) is 0 Å². The van der Waals surface area contributed by atoms with Crippen LogP contribution >= 0.6 is 0 Å². The molecule has 0 saturated heterocycles. The van der Waals surface area contributed by atoms with Crippen molar-refractivity contribution in [1.29, 1.82) is 0 Å². The molecule has 0 spiro atoms. The SMILES string of the molecule is Cc1cc(OCC(=O)NC(Cc2ccccc2)C(=O)NCCC(=O)O)c2c3c(c(=O)oc2c1)CCC3. The molecule has 0 saturated carbocycles. The average Bonchev–Trinajstić information content (AvgIpc) is 3.33. The third-order valence-corrected chi connectivity index (χ3v) is 6.11. The minimum atomic E-state index is -1.03. The Bertz CT molecular complexity index is 1350. The minimum absolute atomic E-state index is 0.0442. The van der Waals surface area contributed by atoms with Gasteiger partial charge in [0, 0.05) is 18.5 Å². The van der Waals surface area contributed by atoms with Crippen molar-refractivity contribution in [2.45, 2.75) is 45.1 Å². The molecule has 1 aromatic heterocycles. The van der Waals surface area contributed by atoms with Crippen LogP contribution in [0.15, 0.2) is 51.7 Å². The molecule has 0 fully saturated rings. The fraction of sp³-hybridized carbons (Fsp3) is 0.333. The zero-order chi connectivity index (χ0) is 25.7. The Hall–Kier alpha value is -4.14. The second-order valence-electron chi connectivity index (χ2n) is 8.87.